The van der Waals surface area contributed by atoms with E-state index in [1.807, 2.05) is 26.0 Å². The Morgan fingerprint density at radius 3 is 0.812 bits per heavy atom. The number of aryl methyl sites for hydroxylation is 6. The van der Waals surface area contributed by atoms with Gasteiger partial charge in [-0.1, -0.05) is 294 Å². The Morgan fingerprint density at radius 2 is 0.530 bits per heavy atom. The van der Waals surface area contributed by atoms with Crippen LogP contribution in [-0.4, -0.2) is 12.4 Å². The van der Waals surface area contributed by atoms with Crippen LogP contribution in [0.4, 0.5) is 26.3 Å². The zero-order valence-electron chi connectivity index (χ0n) is 80.8. The normalized spacial score (nSPS) is 16.9. The van der Waals surface area contributed by atoms with E-state index in [-0.39, 0.29) is 51.2 Å². The maximum Gasteiger partial charge on any atom is 0.403 e. The van der Waals surface area contributed by atoms with Gasteiger partial charge in [-0.2, -0.15) is 26.3 Å². The van der Waals surface area contributed by atoms with Crippen LogP contribution in [0.25, 0.3) is 11.1 Å². The zero-order chi connectivity index (χ0) is 88.7. The van der Waals surface area contributed by atoms with Crippen LogP contribution in [0.2, 0.25) is 0 Å². The minimum absolute atomic E-state index is 0.106. The van der Waals surface area contributed by atoms with E-state index in [0.29, 0.717) is 10.8 Å². The second kappa shape index (κ2) is 39.1. The van der Waals surface area contributed by atoms with Crippen molar-refractivity contribution in [3.8, 4) is 11.1 Å². The highest BCUT2D eigenvalue weighted by Crippen LogP contribution is 2.60. The zero-order valence-corrected chi connectivity index (χ0v) is 80.8. The van der Waals surface area contributed by atoms with Crippen LogP contribution in [0.1, 0.15) is 433 Å². The van der Waals surface area contributed by atoms with Gasteiger partial charge < -0.3 is 0 Å². The molecule has 4 saturated carbocycles. The lowest BCUT2D eigenvalue weighted by molar-refractivity contribution is -0.350. The molecule has 0 radical (unpaired) electrons. The summed E-state index contributed by atoms with van der Waals surface area (Å²) in [7, 11) is 0. The minimum Gasteiger partial charge on any atom is -0.170 e. The van der Waals surface area contributed by atoms with Crippen molar-refractivity contribution in [3.05, 3.63) is 231 Å². The van der Waals surface area contributed by atoms with Crippen LogP contribution in [-0.2, 0) is 37.9 Å². The van der Waals surface area contributed by atoms with Crippen molar-refractivity contribution in [1.29, 1.82) is 0 Å². The molecule has 0 bridgehead atoms. The number of hydrogen-bond donors (Lipinski definition) is 0. The summed E-state index contributed by atoms with van der Waals surface area (Å²) in [5, 5.41) is 0. The summed E-state index contributed by atoms with van der Waals surface area (Å²) in [5.74, 6) is 2.16. The molecular formula is C111H164F6. The average Bonchev–Trinajstić information content (AvgIpc) is 0.773. The third-order valence-corrected chi connectivity index (χ3v) is 28.4. The lowest BCUT2D eigenvalue weighted by Gasteiger charge is -2.42. The van der Waals surface area contributed by atoms with Gasteiger partial charge in [0, 0.05) is 0 Å². The number of halogens is 6. The Morgan fingerprint density at radius 1 is 0.282 bits per heavy atom. The Hall–Kier alpha value is -5.88. The molecule has 650 valence electrons. The van der Waals surface area contributed by atoms with Gasteiger partial charge >= 0.3 is 12.4 Å². The topological polar surface area (TPSA) is 0 Å². The van der Waals surface area contributed by atoms with Gasteiger partial charge in [-0.05, 0) is 379 Å². The molecule has 11 rings (SSSR count). The van der Waals surface area contributed by atoms with E-state index >= 15 is 0 Å². The van der Waals surface area contributed by atoms with Gasteiger partial charge in [0.05, 0.1) is 0 Å². The minimum atomic E-state index is -5.27. The first-order valence-corrected chi connectivity index (χ1v) is 45.4. The van der Waals surface area contributed by atoms with Gasteiger partial charge in [0.2, 0.25) is 0 Å². The second-order valence-electron chi connectivity index (χ2n) is 44.2. The predicted molar refractivity (Wildman–Crippen MR) is 499 cm³/mol. The molecule has 7 aromatic rings. The number of benzene rings is 7. The summed E-state index contributed by atoms with van der Waals surface area (Å²) >= 11 is 0. The largest absolute Gasteiger partial charge is 0.403 e. The molecule has 0 saturated heterocycles. The van der Waals surface area contributed by atoms with E-state index in [2.05, 4.69) is 319 Å². The van der Waals surface area contributed by atoms with E-state index in [1.165, 1.54) is 185 Å². The third kappa shape index (κ3) is 25.9. The van der Waals surface area contributed by atoms with E-state index in [1.54, 1.807) is 27.8 Å². The Bertz CT molecular complexity index is 4350. The van der Waals surface area contributed by atoms with Crippen molar-refractivity contribution in [1.82, 2.24) is 0 Å². The van der Waals surface area contributed by atoms with Crippen molar-refractivity contribution in [2.24, 2.45) is 10.8 Å². The van der Waals surface area contributed by atoms with Gasteiger partial charge in [0.1, 0.15) is 0 Å². The summed E-state index contributed by atoms with van der Waals surface area (Å²) in [6, 6.07) is 38.8. The Labute approximate surface area is 713 Å². The van der Waals surface area contributed by atoms with Crippen LogP contribution in [0.5, 0.6) is 0 Å². The fourth-order valence-electron chi connectivity index (χ4n) is 19.3. The van der Waals surface area contributed by atoms with Crippen molar-refractivity contribution in [2.45, 2.75) is 438 Å². The summed E-state index contributed by atoms with van der Waals surface area (Å²) in [6.45, 7) is 79.3. The molecule has 0 amide bonds. The Kier molecular flexibility index (Phi) is 33.4. The van der Waals surface area contributed by atoms with Gasteiger partial charge in [-0.3, -0.25) is 0 Å². The Balaban J connectivity index is 0.000000219. The first-order chi connectivity index (χ1) is 53.5. The molecule has 4 fully saturated rings. The third-order valence-electron chi connectivity index (χ3n) is 28.4. The van der Waals surface area contributed by atoms with E-state index < -0.39 is 30.6 Å². The van der Waals surface area contributed by atoms with Crippen LogP contribution in [0, 0.1) is 93.9 Å². The molecule has 0 aliphatic heterocycles. The monoisotopic (exact) mass is 1610 g/mol. The highest BCUT2D eigenvalue weighted by molar-refractivity contribution is 5.67. The number of hydrogen-bond acceptors (Lipinski definition) is 0. The van der Waals surface area contributed by atoms with Crippen LogP contribution < -0.4 is 0 Å². The fourth-order valence-corrected chi connectivity index (χ4v) is 19.3. The summed E-state index contributed by atoms with van der Waals surface area (Å²) in [6.07, 6.45) is 8.01. The fraction of sp³-hybridized carbons (Fsp3) is 0.622. The quantitative estimate of drug-likeness (QED) is 0.133. The van der Waals surface area contributed by atoms with E-state index in [4.69, 9.17) is 0 Å². The molecule has 0 heterocycles. The highest BCUT2D eigenvalue weighted by Gasteiger charge is 2.70. The molecule has 0 unspecified atom stereocenters. The summed E-state index contributed by atoms with van der Waals surface area (Å²) < 4.78 is 79.4. The summed E-state index contributed by atoms with van der Waals surface area (Å²) in [5.41, 5.74) is 33.5. The smallest absolute Gasteiger partial charge is 0.170 e. The first kappa shape index (κ1) is 99.9. The van der Waals surface area contributed by atoms with Gasteiger partial charge in [0.25, 0.3) is 0 Å². The van der Waals surface area contributed by atoms with E-state index in [9.17, 15) is 26.3 Å². The van der Waals surface area contributed by atoms with Crippen molar-refractivity contribution >= 4 is 0 Å². The molecule has 117 heavy (non-hydrogen) atoms. The standard InChI is InChI=1S/C20H26F6.C20H32.C18H28.C18H22.C18H30.C17H26/c1-12-10-15(11-16(13(12)2)17(3,4)5)14-6-8-18(9-7-14,19(21,22)23)20(24,25)26;1-14-12-17(13-18(15(14)2)19(3,4)5)16-8-10-20(6,7)11-9-16;2*1-13-11-16(15-9-7-6-8-10-15)12-17(14(13)2)18(3,4)5;1-9-18(8,10-2)15-11-13(3)14(4)16(12-15)17(5,6)7;1-12-10-15(14-8-6-7-9-14)11-16(13(12)2)17(3,4)5/h10-11,14H,6-9H2,1-5H3;12-13,16H,8-11H2,1-7H3;11-12,15H,6-10H2,1-5H3;6-12H,1-5H3;11-12H,9-10H2,1-8H3;10-11,14H,6-9H2,1-5H3. The molecule has 4 aliphatic carbocycles. The molecule has 0 spiro atoms. The van der Waals surface area contributed by atoms with E-state index in [0.717, 1.165) is 40.0 Å². The van der Waals surface area contributed by atoms with Crippen molar-refractivity contribution in [2.75, 3.05) is 0 Å². The molecule has 6 heteroatoms. The van der Waals surface area contributed by atoms with Gasteiger partial charge in [-0.15, -0.1) is 0 Å². The van der Waals surface area contributed by atoms with Crippen LogP contribution in [0.15, 0.2) is 103 Å². The maximum absolute atomic E-state index is 13.2. The SMILES string of the molecule is CCC(C)(CC)c1cc(C)c(C)c(C(C)(C)C)c1.Cc1cc(-c2ccccc2)cc(C(C)(C)C)c1C.Cc1cc(C2CCC(C(F)(F)F)(C(F)(F)F)CC2)cc(C(C)(C)C)c1C.Cc1cc(C2CCC(C)(C)CC2)cc(C(C)(C)C)c1C.Cc1cc(C2CCCC2)cc(C(C)(C)C)c1C.Cc1cc(C2CCCCC2)cc(C(C)(C)C)c1C. The number of rotatable bonds is 8. The molecule has 0 N–H and O–H groups in total. The van der Waals surface area contributed by atoms with Crippen molar-refractivity contribution in [3.63, 3.8) is 0 Å². The second-order valence-corrected chi connectivity index (χ2v) is 44.2. The van der Waals surface area contributed by atoms with Crippen LogP contribution in [0.3, 0.4) is 0 Å². The average molecular weight is 1610 g/mol. The van der Waals surface area contributed by atoms with Gasteiger partial charge in [-0.25, -0.2) is 0 Å². The van der Waals surface area contributed by atoms with Gasteiger partial charge in [0.15, 0.2) is 5.41 Å². The molecule has 4 aliphatic rings. The molecule has 0 aromatic heterocycles. The molecule has 0 atom stereocenters. The number of alkyl halides is 6. The predicted octanol–water partition coefficient (Wildman–Crippen LogP) is 35.5. The molecule has 7 aromatic carbocycles. The lowest BCUT2D eigenvalue weighted by Crippen LogP contribution is -2.51. The highest BCUT2D eigenvalue weighted by atomic mass is 19.4. The summed E-state index contributed by atoms with van der Waals surface area (Å²) in [4.78, 5) is 0. The molecule has 0 nitrogen and oxygen atoms in total. The van der Waals surface area contributed by atoms with Crippen LogP contribution >= 0.6 is 0 Å². The maximum atomic E-state index is 13.2. The van der Waals surface area contributed by atoms with Crippen molar-refractivity contribution < 1.29 is 26.3 Å². The molecular weight excluding hydrogens is 1450 g/mol. The first-order valence-electron chi connectivity index (χ1n) is 45.4. The lowest BCUT2D eigenvalue weighted by atomic mass is 9.67.